The molecule has 1 aromatic heterocycles. The van der Waals surface area contributed by atoms with Gasteiger partial charge in [-0.05, 0) is 54.3 Å². The van der Waals surface area contributed by atoms with Crippen LogP contribution in [0.25, 0.3) is 11.1 Å². The maximum atomic E-state index is 13.4. The number of pyridine rings is 1. The van der Waals surface area contributed by atoms with Crippen LogP contribution >= 0.6 is 23.2 Å². The molecule has 0 saturated carbocycles. The lowest BCUT2D eigenvalue weighted by molar-refractivity contribution is -0.141. The number of likely N-dealkylation sites (tertiary alicyclic amines) is 1. The number of carboxylic acids is 1. The summed E-state index contributed by atoms with van der Waals surface area (Å²) in [4.78, 5) is 30.7. The van der Waals surface area contributed by atoms with Crippen molar-refractivity contribution in [2.45, 2.75) is 24.9 Å². The van der Waals surface area contributed by atoms with Crippen molar-refractivity contribution in [3.8, 4) is 11.1 Å². The number of amides is 1. The fourth-order valence-electron chi connectivity index (χ4n) is 3.93. The molecule has 0 bridgehead atoms. The summed E-state index contributed by atoms with van der Waals surface area (Å²) in [5.74, 6) is -1.36. The molecule has 2 aromatic carbocycles. The highest BCUT2D eigenvalue weighted by Gasteiger charge is 2.42. The highest BCUT2D eigenvalue weighted by atomic mass is 35.5. The molecule has 0 spiro atoms. The Morgan fingerprint density at radius 2 is 1.70 bits per heavy atom. The Bertz CT molecular complexity index is 1100. The first-order valence-electron chi connectivity index (χ1n) is 9.48. The maximum Gasteiger partial charge on any atom is 0.326 e. The molecule has 1 unspecified atom stereocenters. The van der Waals surface area contributed by atoms with Crippen molar-refractivity contribution in [2.24, 2.45) is 0 Å². The van der Waals surface area contributed by atoms with Gasteiger partial charge < -0.3 is 10.0 Å². The number of aromatic nitrogens is 1. The second kappa shape index (κ2) is 8.46. The summed E-state index contributed by atoms with van der Waals surface area (Å²) in [6.45, 7) is 0. The molecule has 5 nitrogen and oxygen atoms in total. The number of nitrogens with zero attached hydrogens (tertiary/aromatic N) is 2. The lowest BCUT2D eigenvalue weighted by atomic mass is 10.0. The molecule has 1 amide bonds. The Labute approximate surface area is 183 Å². The molecule has 0 aliphatic carbocycles. The number of carboxylic acid groups (broad SMARTS) is 1. The van der Waals surface area contributed by atoms with Crippen molar-refractivity contribution >= 4 is 35.1 Å². The third-order valence-corrected chi connectivity index (χ3v) is 6.02. The van der Waals surface area contributed by atoms with E-state index in [1.165, 1.54) is 4.90 Å². The number of carbonyl (C=O) groups is 2. The summed E-state index contributed by atoms with van der Waals surface area (Å²) >= 11 is 12.5. The fraction of sp³-hybridized carbons (Fsp3) is 0.174. The molecule has 1 aliphatic heterocycles. The van der Waals surface area contributed by atoms with Gasteiger partial charge in [0.25, 0.3) is 5.91 Å². The third kappa shape index (κ3) is 3.78. The standard InChI is InChI=1S/C23H18Cl2N2O3/c24-18-6-2-1-4-17(18)19-11-12-20(23(29)30)27(19)22(28)15-9-7-14(8-10-15)16-5-3-13-26-21(16)25/h1-10,13,19-20H,11-12H2,(H,29,30)/t19?,20-/m0/s1. The number of halogens is 2. The van der Waals surface area contributed by atoms with Crippen molar-refractivity contribution in [1.82, 2.24) is 9.88 Å². The second-order valence-electron chi connectivity index (χ2n) is 7.10. The summed E-state index contributed by atoms with van der Waals surface area (Å²) < 4.78 is 0. The van der Waals surface area contributed by atoms with Crippen molar-refractivity contribution in [2.75, 3.05) is 0 Å². The van der Waals surface area contributed by atoms with Gasteiger partial charge >= 0.3 is 5.97 Å². The number of hydrogen-bond donors (Lipinski definition) is 1. The Morgan fingerprint density at radius 3 is 2.37 bits per heavy atom. The van der Waals surface area contributed by atoms with Crippen LogP contribution in [0.4, 0.5) is 0 Å². The SMILES string of the molecule is O=C(O)[C@@H]1CCC(c2ccccc2Cl)N1C(=O)c1ccc(-c2cccnc2Cl)cc1. The van der Waals surface area contributed by atoms with Gasteiger partial charge in [-0.15, -0.1) is 0 Å². The number of rotatable bonds is 4. The van der Waals surface area contributed by atoms with E-state index in [0.717, 1.165) is 16.7 Å². The van der Waals surface area contributed by atoms with Gasteiger partial charge in [0.1, 0.15) is 11.2 Å². The minimum atomic E-state index is -1.02. The highest BCUT2D eigenvalue weighted by Crippen LogP contribution is 2.40. The molecule has 4 rings (SSSR count). The van der Waals surface area contributed by atoms with E-state index in [4.69, 9.17) is 23.2 Å². The molecule has 1 fully saturated rings. The van der Waals surface area contributed by atoms with Gasteiger partial charge in [0.05, 0.1) is 6.04 Å². The molecule has 152 valence electrons. The normalized spacial score (nSPS) is 18.4. The molecule has 1 aliphatic rings. The van der Waals surface area contributed by atoms with E-state index in [-0.39, 0.29) is 11.9 Å². The van der Waals surface area contributed by atoms with Crippen molar-refractivity contribution in [3.63, 3.8) is 0 Å². The minimum absolute atomic E-state index is 0.339. The van der Waals surface area contributed by atoms with Crippen LogP contribution in [0.15, 0.2) is 66.9 Å². The lowest BCUT2D eigenvalue weighted by Crippen LogP contribution is -2.41. The van der Waals surface area contributed by atoms with Crippen LogP contribution in [0.3, 0.4) is 0 Å². The van der Waals surface area contributed by atoms with E-state index in [1.807, 2.05) is 24.3 Å². The fourth-order valence-corrected chi connectivity index (χ4v) is 4.42. The Hall–Kier alpha value is -2.89. The quantitative estimate of drug-likeness (QED) is 0.544. The Kier molecular flexibility index (Phi) is 5.75. The smallest absolute Gasteiger partial charge is 0.326 e. The second-order valence-corrected chi connectivity index (χ2v) is 7.87. The van der Waals surface area contributed by atoms with E-state index < -0.39 is 12.0 Å². The molecule has 2 heterocycles. The first-order chi connectivity index (χ1) is 14.5. The van der Waals surface area contributed by atoms with Crippen LogP contribution in [-0.2, 0) is 4.79 Å². The van der Waals surface area contributed by atoms with E-state index in [1.54, 1.807) is 42.6 Å². The van der Waals surface area contributed by atoms with E-state index in [0.29, 0.717) is 28.6 Å². The van der Waals surface area contributed by atoms with E-state index in [2.05, 4.69) is 4.98 Å². The Morgan fingerprint density at radius 1 is 0.967 bits per heavy atom. The van der Waals surface area contributed by atoms with Crippen molar-refractivity contribution in [1.29, 1.82) is 0 Å². The lowest BCUT2D eigenvalue weighted by Gasteiger charge is -2.29. The van der Waals surface area contributed by atoms with Crippen LogP contribution in [0, 0.1) is 0 Å². The molecule has 1 N–H and O–H groups in total. The largest absolute Gasteiger partial charge is 0.480 e. The number of benzene rings is 2. The van der Waals surface area contributed by atoms with Crippen molar-refractivity contribution in [3.05, 3.63) is 88.2 Å². The summed E-state index contributed by atoms with van der Waals surface area (Å²) in [5.41, 5.74) is 2.75. The van der Waals surface area contributed by atoms with Gasteiger partial charge in [-0.25, -0.2) is 9.78 Å². The zero-order valence-corrected chi connectivity index (χ0v) is 17.3. The van der Waals surface area contributed by atoms with Crippen LogP contribution in [0.2, 0.25) is 10.2 Å². The predicted molar refractivity (Wildman–Crippen MR) is 116 cm³/mol. The zero-order valence-electron chi connectivity index (χ0n) is 15.8. The zero-order chi connectivity index (χ0) is 21.3. The van der Waals surface area contributed by atoms with E-state index >= 15 is 0 Å². The third-order valence-electron chi connectivity index (χ3n) is 5.37. The van der Waals surface area contributed by atoms with Crippen LogP contribution in [0.1, 0.15) is 34.8 Å². The monoisotopic (exact) mass is 440 g/mol. The highest BCUT2D eigenvalue weighted by molar-refractivity contribution is 6.32. The minimum Gasteiger partial charge on any atom is -0.480 e. The molecular weight excluding hydrogens is 423 g/mol. The van der Waals surface area contributed by atoms with Crippen molar-refractivity contribution < 1.29 is 14.7 Å². The molecule has 0 radical (unpaired) electrons. The predicted octanol–water partition coefficient (Wildman–Crippen LogP) is 5.49. The van der Waals surface area contributed by atoms with Crippen LogP contribution in [-0.4, -0.2) is 32.9 Å². The molecule has 1 saturated heterocycles. The number of carbonyl (C=O) groups excluding carboxylic acids is 1. The molecule has 2 atom stereocenters. The average molecular weight is 441 g/mol. The average Bonchev–Trinajstić information content (AvgIpc) is 3.19. The number of aliphatic carboxylic acids is 1. The van der Waals surface area contributed by atoms with Gasteiger partial charge in [0.2, 0.25) is 0 Å². The van der Waals surface area contributed by atoms with E-state index in [9.17, 15) is 14.7 Å². The summed E-state index contributed by atoms with van der Waals surface area (Å²) in [6, 6.07) is 16.5. The maximum absolute atomic E-state index is 13.4. The molecule has 30 heavy (non-hydrogen) atoms. The van der Waals surface area contributed by atoms with Crippen LogP contribution < -0.4 is 0 Å². The van der Waals surface area contributed by atoms with Crippen LogP contribution in [0.5, 0.6) is 0 Å². The topological polar surface area (TPSA) is 70.5 Å². The summed E-state index contributed by atoms with van der Waals surface area (Å²) in [7, 11) is 0. The summed E-state index contributed by atoms with van der Waals surface area (Å²) in [6.07, 6.45) is 2.52. The molecule has 3 aromatic rings. The Balaban J connectivity index is 1.68. The first-order valence-corrected chi connectivity index (χ1v) is 10.2. The van der Waals surface area contributed by atoms with Gasteiger partial charge in [-0.3, -0.25) is 4.79 Å². The number of hydrogen-bond acceptors (Lipinski definition) is 3. The molecule has 7 heteroatoms. The van der Waals surface area contributed by atoms with Gasteiger partial charge in [0, 0.05) is 22.3 Å². The summed E-state index contributed by atoms with van der Waals surface area (Å²) in [5, 5.41) is 10.6. The molecular formula is C23H18Cl2N2O3. The van der Waals surface area contributed by atoms with Gasteiger partial charge in [-0.1, -0.05) is 53.5 Å². The van der Waals surface area contributed by atoms with Gasteiger partial charge in [0.15, 0.2) is 0 Å². The van der Waals surface area contributed by atoms with Gasteiger partial charge in [-0.2, -0.15) is 0 Å². The first kappa shape index (κ1) is 20.4.